The topological polar surface area (TPSA) is 165 Å². The predicted molar refractivity (Wildman–Crippen MR) is 204 cm³/mol. The van der Waals surface area contributed by atoms with Crippen LogP contribution in [0.15, 0.2) is 54.7 Å². The van der Waals surface area contributed by atoms with Gasteiger partial charge >= 0.3 is 6.03 Å². The first-order chi connectivity index (χ1) is 25.1. The van der Waals surface area contributed by atoms with Crippen LogP contribution in [-0.4, -0.2) is 82.9 Å². The van der Waals surface area contributed by atoms with Crippen LogP contribution >= 0.6 is 22.9 Å². The zero-order valence-electron chi connectivity index (χ0n) is 29.1. The Labute approximate surface area is 311 Å². The number of nitrogens with one attached hydrogen (secondary N) is 4. The molecule has 16 heteroatoms. The Morgan fingerprint density at radius 1 is 0.942 bits per heavy atom. The number of rotatable bonds is 13. The van der Waals surface area contributed by atoms with E-state index in [1.165, 1.54) is 22.4 Å². The number of halogens is 1. The Morgan fingerprint density at radius 3 is 2.54 bits per heavy atom. The molecule has 0 unspecified atom stereocenters. The van der Waals surface area contributed by atoms with Crippen LogP contribution in [0.3, 0.4) is 0 Å². The highest BCUT2D eigenvalue weighted by Crippen LogP contribution is 2.29. The average molecular weight is 745 g/mol. The molecule has 2 aliphatic heterocycles. The fraction of sp³-hybridized carbons (Fsp3) is 0.361. The maximum absolute atomic E-state index is 12.9. The summed E-state index contributed by atoms with van der Waals surface area (Å²) in [5.41, 5.74) is 2.71. The number of para-hydroxylation sites is 1. The van der Waals surface area contributed by atoms with Gasteiger partial charge in [0, 0.05) is 63.0 Å². The van der Waals surface area contributed by atoms with Gasteiger partial charge in [0.15, 0.2) is 5.13 Å². The summed E-state index contributed by atoms with van der Waals surface area (Å²) < 4.78 is 0. The lowest BCUT2D eigenvalue weighted by atomic mass is 10.1. The van der Waals surface area contributed by atoms with E-state index in [2.05, 4.69) is 46.0 Å². The maximum atomic E-state index is 12.9. The van der Waals surface area contributed by atoms with Crippen molar-refractivity contribution in [2.45, 2.75) is 46.0 Å². The van der Waals surface area contributed by atoms with Crippen molar-refractivity contribution in [1.29, 1.82) is 0 Å². The molecule has 0 saturated carbocycles. The summed E-state index contributed by atoms with van der Waals surface area (Å²) in [6, 6.07) is 14.0. The fourth-order valence-corrected chi connectivity index (χ4v) is 7.06. The number of amides is 5. The average Bonchev–Trinajstić information content (AvgIpc) is 3.58. The number of imide groups is 1. The summed E-state index contributed by atoms with van der Waals surface area (Å²) in [5, 5.41) is 12.4. The highest BCUT2D eigenvalue weighted by molar-refractivity contribution is 7.17. The number of aromatic nitrogens is 3. The molecule has 6 rings (SSSR count). The van der Waals surface area contributed by atoms with Crippen molar-refractivity contribution in [2.24, 2.45) is 0 Å². The Morgan fingerprint density at radius 2 is 1.75 bits per heavy atom. The minimum absolute atomic E-state index is 0.0673. The number of aryl methyl sites for hydroxylation is 2. The van der Waals surface area contributed by atoms with Crippen LogP contribution in [0, 0.1) is 13.8 Å². The second kappa shape index (κ2) is 16.9. The molecule has 0 radical (unpaired) electrons. The van der Waals surface area contributed by atoms with Gasteiger partial charge in [-0.05, 0) is 63.1 Å². The highest BCUT2D eigenvalue weighted by Gasteiger charge is 2.24. The van der Waals surface area contributed by atoms with Crippen molar-refractivity contribution >= 4 is 80.5 Å². The summed E-state index contributed by atoms with van der Waals surface area (Å²) >= 11 is 7.51. The molecule has 14 nitrogen and oxygen atoms in total. The molecular formula is C36H41ClN10O4S. The van der Waals surface area contributed by atoms with Crippen LogP contribution in [0.2, 0.25) is 5.02 Å². The smallest absolute Gasteiger partial charge is 0.328 e. The van der Waals surface area contributed by atoms with E-state index < -0.39 is 6.03 Å². The highest BCUT2D eigenvalue weighted by atomic mass is 35.5. The molecular weight excluding hydrogens is 704 g/mol. The Balaban J connectivity index is 0.907. The fourth-order valence-electron chi connectivity index (χ4n) is 6.07. The van der Waals surface area contributed by atoms with Gasteiger partial charge in [-0.1, -0.05) is 47.6 Å². The van der Waals surface area contributed by atoms with E-state index >= 15 is 0 Å². The second-order valence-corrected chi connectivity index (χ2v) is 14.1. The first-order valence-corrected chi connectivity index (χ1v) is 18.4. The lowest BCUT2D eigenvalue weighted by Crippen LogP contribution is -2.49. The van der Waals surface area contributed by atoms with Gasteiger partial charge in [0.2, 0.25) is 11.8 Å². The number of carbonyl (C=O) groups excluding carboxylic acids is 4. The maximum Gasteiger partial charge on any atom is 0.328 e. The third kappa shape index (κ3) is 9.60. The predicted octanol–water partition coefficient (Wildman–Crippen LogP) is 5.97. The van der Waals surface area contributed by atoms with E-state index in [1.807, 2.05) is 32.0 Å². The van der Waals surface area contributed by atoms with E-state index in [0.29, 0.717) is 56.7 Å². The van der Waals surface area contributed by atoms with Gasteiger partial charge in [0.1, 0.15) is 22.3 Å². The molecule has 0 aliphatic carbocycles. The normalized spacial score (nSPS) is 15.0. The lowest BCUT2D eigenvalue weighted by molar-refractivity contribution is -0.120. The summed E-state index contributed by atoms with van der Waals surface area (Å²) in [6.45, 7) is 8.48. The number of nitrogens with zero attached hydrogens (tertiary/aromatic N) is 6. The van der Waals surface area contributed by atoms with Gasteiger partial charge in [-0.2, -0.15) is 0 Å². The first kappa shape index (κ1) is 36.7. The molecule has 4 heterocycles. The number of anilines is 6. The molecule has 0 bridgehead atoms. The summed E-state index contributed by atoms with van der Waals surface area (Å²) in [5.74, 6) is 1.45. The van der Waals surface area contributed by atoms with Gasteiger partial charge < -0.3 is 20.9 Å². The first-order valence-electron chi connectivity index (χ1n) is 17.2. The number of hydrogen-bond donors (Lipinski definition) is 4. The minimum atomic E-state index is -0.454. The number of piperazine rings is 1. The summed E-state index contributed by atoms with van der Waals surface area (Å²) in [4.78, 5) is 69.3. The summed E-state index contributed by atoms with van der Waals surface area (Å²) in [6.07, 6.45) is 4.91. The monoisotopic (exact) mass is 744 g/mol. The number of unbranched alkanes of at least 4 members (excludes halogenated alkanes) is 2. The number of carbonyl (C=O) groups is 4. The molecule has 0 spiro atoms. The third-order valence-corrected chi connectivity index (χ3v) is 10.0. The van der Waals surface area contributed by atoms with Crippen molar-refractivity contribution in [1.82, 2.24) is 25.2 Å². The molecule has 2 fully saturated rings. The zero-order chi connectivity index (χ0) is 36.6. The Kier molecular flexibility index (Phi) is 11.9. The SMILES string of the molecule is Cc1nc(Nc2ncc(C(=O)Nc3c(C)cccc3Cl)s2)cc(N2CCN(CCCCCC(=O)Nc3cccc(N4CCC(=O)NC4=O)c3)CC2)n1. The van der Waals surface area contributed by atoms with E-state index in [9.17, 15) is 19.2 Å². The number of hydrogen-bond acceptors (Lipinski definition) is 11. The second-order valence-electron chi connectivity index (χ2n) is 12.7. The number of urea groups is 1. The van der Waals surface area contributed by atoms with Crippen LogP contribution in [0.1, 0.15) is 53.2 Å². The minimum Gasteiger partial charge on any atom is -0.354 e. The number of benzene rings is 2. The molecule has 4 aromatic rings. The zero-order valence-corrected chi connectivity index (χ0v) is 30.6. The molecule has 0 atom stereocenters. The largest absolute Gasteiger partial charge is 0.354 e. The van der Waals surface area contributed by atoms with E-state index in [1.54, 1.807) is 30.3 Å². The van der Waals surface area contributed by atoms with Crippen LogP contribution in [-0.2, 0) is 9.59 Å². The third-order valence-electron chi connectivity index (χ3n) is 8.82. The Hall–Kier alpha value is -5.12. The molecule has 5 amide bonds. The van der Waals surface area contributed by atoms with E-state index in [-0.39, 0.29) is 24.1 Å². The van der Waals surface area contributed by atoms with Crippen molar-refractivity contribution < 1.29 is 19.2 Å². The van der Waals surface area contributed by atoms with Crippen molar-refractivity contribution in [3.63, 3.8) is 0 Å². The van der Waals surface area contributed by atoms with E-state index in [4.69, 9.17) is 11.6 Å². The molecule has 272 valence electrons. The number of thiazole rings is 1. The molecule has 4 N–H and O–H groups in total. The lowest BCUT2D eigenvalue weighted by Gasteiger charge is -2.35. The van der Waals surface area contributed by atoms with Crippen molar-refractivity contribution in [3.8, 4) is 0 Å². The molecule has 2 aromatic heterocycles. The van der Waals surface area contributed by atoms with Gasteiger partial charge in [-0.15, -0.1) is 0 Å². The van der Waals surface area contributed by atoms with Gasteiger partial charge in [0.05, 0.1) is 16.9 Å². The van der Waals surface area contributed by atoms with Crippen molar-refractivity contribution in [3.05, 3.63) is 76.0 Å². The molecule has 2 aliphatic rings. The van der Waals surface area contributed by atoms with Crippen LogP contribution in [0.4, 0.5) is 38.6 Å². The van der Waals surface area contributed by atoms with Gasteiger partial charge in [-0.25, -0.2) is 19.7 Å². The van der Waals surface area contributed by atoms with Crippen molar-refractivity contribution in [2.75, 3.05) is 65.0 Å². The van der Waals surface area contributed by atoms with Gasteiger partial charge in [0.25, 0.3) is 5.91 Å². The van der Waals surface area contributed by atoms with Crippen LogP contribution in [0.25, 0.3) is 0 Å². The van der Waals surface area contributed by atoms with Crippen LogP contribution < -0.4 is 31.1 Å². The molecule has 52 heavy (non-hydrogen) atoms. The Bertz CT molecular complexity index is 1930. The molecule has 2 aromatic carbocycles. The van der Waals surface area contributed by atoms with Crippen LogP contribution in [0.5, 0.6) is 0 Å². The quantitative estimate of drug-likeness (QED) is 0.120. The van der Waals surface area contributed by atoms with Gasteiger partial charge in [-0.3, -0.25) is 29.5 Å². The molecule has 2 saturated heterocycles. The summed E-state index contributed by atoms with van der Waals surface area (Å²) in [7, 11) is 0. The standard InChI is InChI=1S/C36H41ClN10O4S/c1-23-8-6-11-27(37)33(23)44-34(50)28-22-38-35(52-28)42-29-21-30(40-24(2)39-29)46-18-16-45(17-19-46)14-5-3-4-12-31(48)41-25-9-7-10-26(20-25)47-15-13-32(49)43-36(47)51/h6-11,20-22H,3-5,12-19H2,1-2H3,(H,41,48)(H,44,50)(H,43,49,51)(H,38,39,40,42). The van der Waals surface area contributed by atoms with E-state index in [0.717, 1.165) is 63.4 Å².